The van der Waals surface area contributed by atoms with Gasteiger partial charge in [0.1, 0.15) is 36.6 Å². The Hall–Kier alpha value is -1.25. The summed E-state index contributed by atoms with van der Waals surface area (Å²) >= 11 is 0. The first-order valence-corrected chi connectivity index (χ1v) is 20.2. The molecular formula is C43H81O13P. The molecule has 336 valence electrons. The Morgan fingerprint density at radius 3 is 1.65 bits per heavy atom. The second-order valence-electron chi connectivity index (χ2n) is 12.7. The molecule has 57 heavy (non-hydrogen) atoms. The minimum Gasteiger partial charge on any atom is -0.457 e. The van der Waals surface area contributed by atoms with E-state index in [2.05, 4.69) is 17.5 Å². The van der Waals surface area contributed by atoms with E-state index >= 15 is 0 Å². The number of phosphoric ester groups is 1. The summed E-state index contributed by atoms with van der Waals surface area (Å²) in [6.45, 7) is -3.89. The molecule has 0 heterocycles. The molecule has 0 radical (unpaired) electrons. The number of unbranched alkanes of at least 4 members (excludes halogenated alkanes) is 11. The van der Waals surface area contributed by atoms with Crippen molar-refractivity contribution in [1.82, 2.24) is 0 Å². The van der Waals surface area contributed by atoms with Gasteiger partial charge in [-0.3, -0.25) is 18.6 Å². The third-order valence-corrected chi connectivity index (χ3v) is 9.22. The van der Waals surface area contributed by atoms with Crippen LogP contribution in [0.15, 0.2) is 12.2 Å². The van der Waals surface area contributed by atoms with E-state index in [-0.39, 0.29) is 6.42 Å². The van der Waals surface area contributed by atoms with Crippen LogP contribution in [0.2, 0.25) is 0 Å². The second-order valence-corrected chi connectivity index (χ2v) is 14.0. The van der Waals surface area contributed by atoms with Crippen LogP contribution in [-0.4, -0.2) is 103 Å². The van der Waals surface area contributed by atoms with Gasteiger partial charge in [0.2, 0.25) is 0 Å². The van der Waals surface area contributed by atoms with Gasteiger partial charge in [0.25, 0.3) is 0 Å². The predicted molar refractivity (Wildman–Crippen MR) is 221 cm³/mol. The molecule has 14 heteroatoms. The van der Waals surface area contributed by atoms with Gasteiger partial charge in [-0.1, -0.05) is 154 Å². The second kappa shape index (κ2) is 33.5. The van der Waals surface area contributed by atoms with Gasteiger partial charge in [0, 0.05) is 55.3 Å². The van der Waals surface area contributed by atoms with Crippen molar-refractivity contribution in [3.05, 3.63) is 12.2 Å². The number of Topliss-reactive ketones (excluding diaryl/α,β-unsaturated/α-hetero) is 1. The lowest BCUT2D eigenvalue weighted by Crippen LogP contribution is -2.64. The Morgan fingerprint density at radius 1 is 0.684 bits per heavy atom. The highest BCUT2D eigenvalue weighted by Gasteiger charge is 2.52. The fraction of sp³-hybridized carbons (Fsp3) is 0.907. The number of aliphatic hydroxyl groups is 6. The first-order valence-electron chi connectivity index (χ1n) is 34.2. The number of allylic oxidation sites excluding steroid dienone is 2. The monoisotopic (exact) mass is 868 g/mol. The quantitative estimate of drug-likeness (QED) is 0.0138. The largest absolute Gasteiger partial charge is 0.473 e. The zero-order chi connectivity index (χ0) is 69.9. The highest BCUT2D eigenvalue weighted by molar-refractivity contribution is 7.47. The smallest absolute Gasteiger partial charge is 0.457 e. The summed E-state index contributed by atoms with van der Waals surface area (Å²) in [6, 6.07) is 0. The molecule has 0 spiro atoms. The van der Waals surface area contributed by atoms with Gasteiger partial charge < -0.3 is 40.3 Å². The van der Waals surface area contributed by atoms with Crippen LogP contribution in [0, 0.1) is 0 Å². The van der Waals surface area contributed by atoms with E-state index in [1.807, 2.05) is 6.08 Å². The minimum absolute atomic E-state index is 0.00458. The van der Waals surface area contributed by atoms with E-state index in [0.717, 1.165) is 44.9 Å². The number of rotatable bonds is 37. The number of esters is 1. The molecule has 7 N–H and O–H groups in total. The maximum absolute atomic E-state index is 14.5. The van der Waals surface area contributed by atoms with E-state index in [0.29, 0.717) is 19.3 Å². The molecule has 0 aromatic heterocycles. The Labute approximate surface area is 387 Å². The van der Waals surface area contributed by atoms with E-state index in [1.165, 1.54) is 12.8 Å². The normalized spacial score (nSPS) is 35.2. The van der Waals surface area contributed by atoms with Crippen LogP contribution in [0.3, 0.4) is 0 Å². The highest BCUT2D eigenvalue weighted by atomic mass is 31.2. The van der Waals surface area contributed by atoms with Crippen molar-refractivity contribution in [2.75, 3.05) is 6.61 Å². The van der Waals surface area contributed by atoms with Gasteiger partial charge in [-0.15, -0.1) is 0 Å². The zero-order valence-electron chi connectivity index (χ0n) is 62.9. The van der Waals surface area contributed by atoms with Crippen molar-refractivity contribution in [3.63, 3.8) is 0 Å². The summed E-state index contributed by atoms with van der Waals surface area (Å²) in [5.41, 5.74) is 0. The number of carbonyl (C=O) groups excluding carboxylic acids is 2. The van der Waals surface area contributed by atoms with Crippen molar-refractivity contribution in [1.29, 1.82) is 0 Å². The van der Waals surface area contributed by atoms with E-state index in [9.17, 15) is 49.7 Å². The van der Waals surface area contributed by atoms with Crippen LogP contribution >= 0.6 is 7.82 Å². The molecule has 1 fully saturated rings. The van der Waals surface area contributed by atoms with Gasteiger partial charge >= 0.3 is 13.8 Å². The molecule has 0 saturated heterocycles. The molecule has 1 rings (SSSR count). The van der Waals surface area contributed by atoms with Crippen LogP contribution in [0.4, 0.5) is 0 Å². The topological polar surface area (TPSA) is 221 Å². The molecular weight excluding hydrogens is 755 g/mol. The standard InChI is InChI=1S/C43H81O13P/c1-3-5-7-9-11-13-15-17-18-20-22-24-26-28-30-32-36(46)54-35(33-44)42(34(45)31-29-27-25-23-21-19-16-14-12-10-8-6-4-2)55-57(52,53)56-43-40(50)38(48)37(47)39(49)41(43)51/h17-18,35,37-44,47-51H,3-16,19-33H2,1-2H3,(H,52,53)/b18-17-/t35-,37?,38?,39?,40?,41?,42?,43?/m0/s1/i2D3,4D2,6D2,8D2,10D2,12D2,14D2,16D2,19D2,21D2,23D2,25D2,27D2,29D2,31D2. The first-order chi connectivity index (χ1) is 39.1. The zero-order valence-corrected chi connectivity index (χ0v) is 32.8. The molecule has 0 aromatic carbocycles. The summed E-state index contributed by atoms with van der Waals surface area (Å²) in [4.78, 5) is 38.6. The lowest BCUT2D eigenvalue weighted by Gasteiger charge is -2.41. The highest BCUT2D eigenvalue weighted by Crippen LogP contribution is 2.49. The average Bonchev–Trinajstić information content (AvgIpc) is 0.743. The molecule has 6 unspecified atom stereocenters. The minimum atomic E-state index is -6.48. The van der Waals surface area contributed by atoms with Gasteiger partial charge in [-0.05, 0) is 38.5 Å². The molecule has 1 aliphatic rings. The van der Waals surface area contributed by atoms with Crippen LogP contribution < -0.4 is 0 Å². The summed E-state index contributed by atoms with van der Waals surface area (Å²) in [5.74, 6) is -4.24. The fourth-order valence-electron chi connectivity index (χ4n) is 5.20. The van der Waals surface area contributed by atoms with Crippen molar-refractivity contribution in [2.45, 2.75) is 242 Å². The Balaban J connectivity index is 3.90. The van der Waals surface area contributed by atoms with E-state index in [4.69, 9.17) is 51.8 Å². The van der Waals surface area contributed by atoms with Crippen LogP contribution in [-0.2, 0) is 27.9 Å². The molecule has 13 nitrogen and oxygen atoms in total. The van der Waals surface area contributed by atoms with Crippen molar-refractivity contribution >= 4 is 19.6 Å². The van der Waals surface area contributed by atoms with Gasteiger partial charge in [0.15, 0.2) is 18.0 Å². The van der Waals surface area contributed by atoms with Gasteiger partial charge in [0.05, 0.1) is 6.61 Å². The SMILES string of the molecule is [2H]C([2H])([2H])C([2H])([2H])C([2H])([2H])C([2H])([2H])C([2H])([2H])C([2H])([2H])C([2H])([2H])C([2H])([2H])C([2H])([2H])C([2H])([2H])C([2H])([2H])C([2H])([2H])C([2H])([2H])C([2H])([2H])C([2H])([2H])C(=O)C(OP(=O)(O)OC1C(O)C(O)C(O)C(O)C1O)[C@H](CO)OC(=O)CCCCCCC/C=C\CCCCCCCC. The lowest BCUT2D eigenvalue weighted by molar-refractivity contribution is -0.220. The van der Waals surface area contributed by atoms with Crippen molar-refractivity contribution < 1.29 is 106 Å². The third-order valence-electron chi connectivity index (χ3n) is 8.21. The van der Waals surface area contributed by atoms with Crippen molar-refractivity contribution in [3.8, 4) is 0 Å². The number of phosphoric acid groups is 1. The Bertz CT molecular complexity index is 2360. The number of ketones is 1. The Morgan fingerprint density at radius 2 is 1.14 bits per heavy atom. The van der Waals surface area contributed by atoms with Crippen molar-refractivity contribution in [2.24, 2.45) is 0 Å². The maximum atomic E-state index is 14.5. The number of carbonyl (C=O) groups is 2. The van der Waals surface area contributed by atoms with Crippen LogP contribution in [0.5, 0.6) is 0 Å². The summed E-state index contributed by atoms with van der Waals surface area (Å²) in [7, 11) is -6.48. The number of hydrogen-bond acceptors (Lipinski definition) is 12. The molecule has 1 saturated carbocycles. The third kappa shape index (κ3) is 24.6. The lowest BCUT2D eigenvalue weighted by atomic mass is 9.85. The maximum Gasteiger partial charge on any atom is 0.473 e. The van der Waals surface area contributed by atoms with E-state index in [1.54, 1.807) is 0 Å². The van der Waals surface area contributed by atoms with E-state index < -0.39 is 178 Å². The molecule has 0 amide bonds. The first kappa shape index (κ1) is 22.2. The molecule has 0 aromatic rings. The summed E-state index contributed by atoms with van der Waals surface area (Å²) < 4.78 is 285. The fourth-order valence-corrected chi connectivity index (χ4v) is 6.32. The Kier molecular flexibility index (Phi) is 13.0. The summed E-state index contributed by atoms with van der Waals surface area (Å²) in [6.07, 6.45) is -79.8. The number of hydrogen-bond donors (Lipinski definition) is 7. The van der Waals surface area contributed by atoms with Gasteiger partial charge in [-0.25, -0.2) is 4.57 Å². The van der Waals surface area contributed by atoms with Crippen LogP contribution in [0.25, 0.3) is 0 Å². The molecule has 1 aliphatic carbocycles. The number of ether oxygens (including phenoxy) is 1. The van der Waals surface area contributed by atoms with Gasteiger partial charge in [-0.2, -0.15) is 0 Å². The van der Waals surface area contributed by atoms with Crippen LogP contribution in [0.1, 0.15) is 235 Å². The average molecular weight is 868 g/mol. The number of aliphatic hydroxyl groups excluding tert-OH is 6. The molecule has 7 atom stereocenters. The molecule has 0 aliphatic heterocycles. The predicted octanol–water partition coefficient (Wildman–Crippen LogP) is 7.67. The molecule has 0 bridgehead atoms. The summed E-state index contributed by atoms with van der Waals surface area (Å²) in [5, 5.41) is 61.7.